The summed E-state index contributed by atoms with van der Waals surface area (Å²) in [6, 6.07) is 0. The molecule has 0 bridgehead atoms. The van der Waals surface area contributed by atoms with E-state index in [0.29, 0.717) is 6.54 Å². The Morgan fingerprint density at radius 3 is 2.94 bits per heavy atom. The zero-order valence-electron chi connectivity index (χ0n) is 9.99. The monoisotopic (exact) mass is 217 g/mol. The predicted molar refractivity (Wildman–Crippen MR) is 68.0 cm³/mol. The number of hydrogen-bond donors (Lipinski definition) is 1. The molecule has 1 amide bonds. The van der Waals surface area contributed by atoms with Gasteiger partial charge in [0.15, 0.2) is 0 Å². The van der Waals surface area contributed by atoms with Gasteiger partial charge in [0.1, 0.15) is 0 Å². The summed E-state index contributed by atoms with van der Waals surface area (Å²) in [6.45, 7) is 4.30. The van der Waals surface area contributed by atoms with Crippen LogP contribution in [0.3, 0.4) is 0 Å². The summed E-state index contributed by atoms with van der Waals surface area (Å²) in [5.41, 5.74) is 2.64. The molecule has 1 aliphatic carbocycles. The Labute approximate surface area is 97.4 Å². The average molecular weight is 217 g/mol. The highest BCUT2D eigenvalue weighted by Crippen LogP contribution is 2.19. The van der Waals surface area contributed by atoms with Crippen LogP contribution in [0.1, 0.15) is 26.7 Å². The van der Waals surface area contributed by atoms with Crippen molar-refractivity contribution >= 4 is 5.91 Å². The number of allylic oxidation sites excluding steroid dienone is 7. The summed E-state index contributed by atoms with van der Waals surface area (Å²) >= 11 is 0. The van der Waals surface area contributed by atoms with Gasteiger partial charge in [0.05, 0.1) is 0 Å². The molecule has 0 unspecified atom stereocenters. The summed E-state index contributed by atoms with van der Waals surface area (Å²) < 4.78 is 0. The maximum absolute atomic E-state index is 10.8. The molecular weight excluding hydrogens is 198 g/mol. The van der Waals surface area contributed by atoms with Crippen LogP contribution in [-0.4, -0.2) is 12.5 Å². The van der Waals surface area contributed by atoms with Crippen LogP contribution in [0.5, 0.6) is 0 Å². The molecule has 0 saturated heterocycles. The van der Waals surface area contributed by atoms with Crippen molar-refractivity contribution in [2.75, 3.05) is 6.54 Å². The standard InChI is InChI=1S/C14H19NO/c1-3-13(10-11-15-12(2)16)14-8-6-4-5-7-9-14/h3-8H,9-11H2,1-2H3,(H,15,16)/b13-3+. The van der Waals surface area contributed by atoms with Crippen molar-refractivity contribution in [3.63, 3.8) is 0 Å². The van der Waals surface area contributed by atoms with E-state index >= 15 is 0 Å². The smallest absolute Gasteiger partial charge is 0.216 e. The summed E-state index contributed by atoms with van der Waals surface area (Å²) in [5, 5.41) is 2.82. The molecule has 0 atom stereocenters. The van der Waals surface area contributed by atoms with Gasteiger partial charge in [-0.2, -0.15) is 0 Å². The first-order valence-electron chi connectivity index (χ1n) is 5.66. The molecule has 1 N–H and O–H groups in total. The SMILES string of the molecule is C/C=C(\CCNC(C)=O)C1=CC=CC=CC1. The number of rotatable bonds is 4. The van der Waals surface area contributed by atoms with E-state index in [1.54, 1.807) is 6.92 Å². The largest absolute Gasteiger partial charge is 0.356 e. The fourth-order valence-corrected chi connectivity index (χ4v) is 1.68. The molecule has 2 nitrogen and oxygen atoms in total. The zero-order chi connectivity index (χ0) is 11.8. The molecule has 0 aromatic heterocycles. The van der Waals surface area contributed by atoms with Gasteiger partial charge in [0, 0.05) is 13.5 Å². The highest BCUT2D eigenvalue weighted by molar-refractivity contribution is 5.72. The van der Waals surface area contributed by atoms with Crippen molar-refractivity contribution in [1.82, 2.24) is 5.32 Å². The summed E-state index contributed by atoms with van der Waals surface area (Å²) in [7, 11) is 0. The lowest BCUT2D eigenvalue weighted by Gasteiger charge is -2.10. The minimum atomic E-state index is 0.0325. The first-order chi connectivity index (χ1) is 7.74. The minimum absolute atomic E-state index is 0.0325. The highest BCUT2D eigenvalue weighted by Gasteiger charge is 2.03. The second-order valence-corrected chi connectivity index (χ2v) is 3.76. The Morgan fingerprint density at radius 2 is 2.25 bits per heavy atom. The second-order valence-electron chi connectivity index (χ2n) is 3.76. The Bertz CT molecular complexity index is 359. The van der Waals surface area contributed by atoms with E-state index in [1.807, 2.05) is 13.0 Å². The van der Waals surface area contributed by atoms with Gasteiger partial charge in [-0.05, 0) is 30.9 Å². The fourth-order valence-electron chi connectivity index (χ4n) is 1.68. The third kappa shape index (κ3) is 4.30. The van der Waals surface area contributed by atoms with Crippen molar-refractivity contribution in [3.05, 3.63) is 47.6 Å². The van der Waals surface area contributed by atoms with Crippen LogP contribution in [0.4, 0.5) is 0 Å². The van der Waals surface area contributed by atoms with Crippen LogP contribution in [0, 0.1) is 0 Å². The molecule has 0 radical (unpaired) electrons. The van der Waals surface area contributed by atoms with Crippen LogP contribution in [0.15, 0.2) is 47.6 Å². The van der Waals surface area contributed by atoms with Gasteiger partial charge in [-0.1, -0.05) is 36.5 Å². The molecule has 2 heteroatoms. The van der Waals surface area contributed by atoms with Crippen LogP contribution in [-0.2, 0) is 4.79 Å². The first kappa shape index (κ1) is 12.5. The van der Waals surface area contributed by atoms with Crippen molar-refractivity contribution in [1.29, 1.82) is 0 Å². The molecule has 0 aromatic carbocycles. The van der Waals surface area contributed by atoms with Gasteiger partial charge >= 0.3 is 0 Å². The van der Waals surface area contributed by atoms with E-state index in [1.165, 1.54) is 11.1 Å². The van der Waals surface area contributed by atoms with Crippen molar-refractivity contribution in [2.24, 2.45) is 0 Å². The quantitative estimate of drug-likeness (QED) is 0.770. The highest BCUT2D eigenvalue weighted by atomic mass is 16.1. The molecule has 0 saturated carbocycles. The van der Waals surface area contributed by atoms with Gasteiger partial charge in [-0.25, -0.2) is 0 Å². The molecule has 86 valence electrons. The number of carbonyl (C=O) groups is 1. The van der Waals surface area contributed by atoms with E-state index in [4.69, 9.17) is 0 Å². The van der Waals surface area contributed by atoms with Crippen LogP contribution in [0.2, 0.25) is 0 Å². The van der Waals surface area contributed by atoms with Crippen molar-refractivity contribution < 1.29 is 4.79 Å². The molecule has 0 aromatic rings. The number of hydrogen-bond acceptors (Lipinski definition) is 1. The van der Waals surface area contributed by atoms with Gasteiger partial charge in [0.2, 0.25) is 5.91 Å². The van der Waals surface area contributed by atoms with Crippen molar-refractivity contribution in [3.8, 4) is 0 Å². The van der Waals surface area contributed by atoms with Crippen LogP contribution >= 0.6 is 0 Å². The third-order valence-corrected chi connectivity index (χ3v) is 2.52. The molecule has 0 spiro atoms. The van der Waals surface area contributed by atoms with Gasteiger partial charge in [0.25, 0.3) is 0 Å². The summed E-state index contributed by atoms with van der Waals surface area (Å²) in [5.74, 6) is 0.0325. The average Bonchev–Trinajstić information content (AvgIpc) is 2.52. The summed E-state index contributed by atoms with van der Waals surface area (Å²) in [4.78, 5) is 10.8. The predicted octanol–water partition coefficient (Wildman–Crippen LogP) is 2.90. The lowest BCUT2D eigenvalue weighted by Crippen LogP contribution is -2.21. The molecule has 0 heterocycles. The molecular formula is C14H19NO. The maximum atomic E-state index is 10.8. The topological polar surface area (TPSA) is 29.1 Å². The summed E-state index contributed by atoms with van der Waals surface area (Å²) in [6.07, 6.45) is 14.4. The number of nitrogens with one attached hydrogen (secondary N) is 1. The Hall–Kier alpha value is -1.57. The first-order valence-corrected chi connectivity index (χ1v) is 5.66. The zero-order valence-corrected chi connectivity index (χ0v) is 9.99. The minimum Gasteiger partial charge on any atom is -0.356 e. The van der Waals surface area contributed by atoms with Gasteiger partial charge < -0.3 is 5.32 Å². The molecule has 1 aliphatic rings. The Morgan fingerprint density at radius 1 is 1.44 bits per heavy atom. The maximum Gasteiger partial charge on any atom is 0.216 e. The van der Waals surface area contributed by atoms with E-state index in [9.17, 15) is 4.79 Å². The van der Waals surface area contributed by atoms with E-state index in [-0.39, 0.29) is 5.91 Å². The van der Waals surface area contributed by atoms with E-state index in [2.05, 4.69) is 35.7 Å². The Balaban J connectivity index is 2.54. The van der Waals surface area contributed by atoms with E-state index in [0.717, 1.165) is 12.8 Å². The molecule has 16 heavy (non-hydrogen) atoms. The van der Waals surface area contributed by atoms with Crippen LogP contribution in [0.25, 0.3) is 0 Å². The van der Waals surface area contributed by atoms with E-state index < -0.39 is 0 Å². The second kappa shape index (κ2) is 6.83. The Kier molecular flexibility index (Phi) is 5.34. The van der Waals surface area contributed by atoms with Gasteiger partial charge in [-0.3, -0.25) is 4.79 Å². The van der Waals surface area contributed by atoms with Crippen LogP contribution < -0.4 is 5.32 Å². The lowest BCUT2D eigenvalue weighted by atomic mass is 9.99. The lowest BCUT2D eigenvalue weighted by molar-refractivity contribution is -0.118. The number of amides is 1. The molecule has 0 fully saturated rings. The number of carbonyl (C=O) groups excluding carboxylic acids is 1. The van der Waals surface area contributed by atoms with Crippen molar-refractivity contribution in [2.45, 2.75) is 26.7 Å². The fraction of sp³-hybridized carbons (Fsp3) is 0.357. The molecule has 1 rings (SSSR count). The molecule has 0 aliphatic heterocycles. The van der Waals surface area contributed by atoms with Gasteiger partial charge in [-0.15, -0.1) is 0 Å². The normalized spacial score (nSPS) is 15.6. The third-order valence-electron chi connectivity index (χ3n) is 2.52.